The van der Waals surface area contributed by atoms with Crippen LogP contribution < -0.4 is 10.7 Å². The molecule has 0 amide bonds. The predicted molar refractivity (Wildman–Crippen MR) is 56.2 cm³/mol. The highest BCUT2D eigenvalue weighted by atomic mass is 16.3. The Kier molecular flexibility index (Phi) is 2.93. The Bertz CT molecular complexity index is 320. The Morgan fingerprint density at radius 2 is 1.79 bits per heavy atom. The van der Waals surface area contributed by atoms with Crippen LogP contribution in [0.25, 0.3) is 0 Å². The minimum absolute atomic E-state index is 0.177. The number of hydrogen-bond donors (Lipinski definition) is 3. The van der Waals surface area contributed by atoms with Gasteiger partial charge < -0.3 is 10.0 Å². The van der Waals surface area contributed by atoms with Crippen LogP contribution in [0.2, 0.25) is 0 Å². The Morgan fingerprint density at radius 3 is 2.21 bits per heavy atom. The number of phenolic OH excluding ortho intramolecular Hbond substituents is 1. The lowest BCUT2D eigenvalue weighted by atomic mass is 10.3. The van der Waals surface area contributed by atoms with Gasteiger partial charge in [-0.3, -0.25) is 10.4 Å². The van der Waals surface area contributed by atoms with E-state index in [0.717, 1.165) is 5.69 Å². The number of hydrogen-bond acceptors (Lipinski definition) is 3. The van der Waals surface area contributed by atoms with Gasteiger partial charge >= 0.3 is 0 Å². The molecule has 14 heavy (non-hydrogen) atoms. The fraction of sp³-hybridized carbons (Fsp3) is 0.222. The van der Waals surface area contributed by atoms with E-state index in [1.807, 2.05) is 0 Å². The standard InChI is InChI=1S/C9H14N4O/c1-12(9(10)13(2)11)7-3-5-8(14)6-4-7/h3-6,10,14H,11H2,1-2H3. The molecule has 0 aromatic heterocycles. The van der Waals surface area contributed by atoms with Gasteiger partial charge in [-0.05, 0) is 24.3 Å². The van der Waals surface area contributed by atoms with Gasteiger partial charge in [-0.25, -0.2) is 5.84 Å². The van der Waals surface area contributed by atoms with Crippen molar-refractivity contribution in [2.75, 3.05) is 19.0 Å². The first-order valence-corrected chi connectivity index (χ1v) is 4.12. The molecule has 0 fully saturated rings. The van der Waals surface area contributed by atoms with E-state index >= 15 is 0 Å². The van der Waals surface area contributed by atoms with Crippen LogP contribution in [-0.2, 0) is 0 Å². The third-order valence-electron chi connectivity index (χ3n) is 1.89. The lowest BCUT2D eigenvalue weighted by molar-refractivity contribution is 0.475. The summed E-state index contributed by atoms with van der Waals surface area (Å²) in [6.45, 7) is 0. The molecule has 76 valence electrons. The molecule has 5 nitrogen and oxygen atoms in total. The zero-order valence-electron chi connectivity index (χ0n) is 8.23. The molecule has 1 rings (SSSR count). The zero-order chi connectivity index (χ0) is 10.7. The lowest BCUT2D eigenvalue weighted by Crippen LogP contribution is -2.43. The summed E-state index contributed by atoms with van der Waals surface area (Å²) in [6, 6.07) is 6.56. The summed E-state index contributed by atoms with van der Waals surface area (Å²) in [5, 5.41) is 17.9. The van der Waals surface area contributed by atoms with E-state index in [9.17, 15) is 0 Å². The first-order chi connectivity index (χ1) is 6.52. The van der Waals surface area contributed by atoms with Crippen LogP contribution in [0.3, 0.4) is 0 Å². The molecule has 0 radical (unpaired) electrons. The fourth-order valence-corrected chi connectivity index (χ4v) is 1.04. The van der Waals surface area contributed by atoms with E-state index in [1.165, 1.54) is 5.01 Å². The van der Waals surface area contributed by atoms with E-state index in [-0.39, 0.29) is 11.7 Å². The number of hydrazine groups is 1. The maximum atomic E-state index is 9.08. The number of phenols is 1. The molecule has 0 bridgehead atoms. The van der Waals surface area contributed by atoms with Gasteiger partial charge in [0.1, 0.15) is 5.75 Å². The summed E-state index contributed by atoms with van der Waals surface area (Å²) in [7, 11) is 3.33. The summed E-state index contributed by atoms with van der Waals surface area (Å²) >= 11 is 0. The number of benzene rings is 1. The third kappa shape index (κ3) is 2.14. The van der Waals surface area contributed by atoms with Crippen LogP contribution >= 0.6 is 0 Å². The number of aromatic hydroxyl groups is 1. The Morgan fingerprint density at radius 1 is 1.29 bits per heavy atom. The molecular formula is C9H14N4O. The molecule has 1 aromatic carbocycles. The van der Waals surface area contributed by atoms with Crippen molar-refractivity contribution < 1.29 is 5.11 Å². The van der Waals surface area contributed by atoms with Gasteiger partial charge in [-0.2, -0.15) is 0 Å². The van der Waals surface area contributed by atoms with Crippen LogP contribution in [0.5, 0.6) is 5.75 Å². The van der Waals surface area contributed by atoms with E-state index in [2.05, 4.69) is 0 Å². The molecule has 0 spiro atoms. The normalized spacial score (nSPS) is 9.64. The minimum atomic E-state index is 0.177. The minimum Gasteiger partial charge on any atom is -0.508 e. The van der Waals surface area contributed by atoms with Crippen LogP contribution in [-0.4, -0.2) is 30.2 Å². The largest absolute Gasteiger partial charge is 0.508 e. The molecule has 0 aliphatic rings. The highest BCUT2D eigenvalue weighted by molar-refractivity contribution is 5.92. The number of guanidine groups is 1. The predicted octanol–water partition coefficient (Wildman–Crippen LogP) is 0.569. The topological polar surface area (TPSA) is 76.6 Å². The number of nitrogens with two attached hydrogens (primary N) is 1. The van der Waals surface area contributed by atoms with Crippen molar-refractivity contribution in [1.29, 1.82) is 5.41 Å². The monoisotopic (exact) mass is 194 g/mol. The average Bonchev–Trinajstić information content (AvgIpc) is 2.16. The number of rotatable bonds is 1. The molecule has 0 atom stereocenters. The van der Waals surface area contributed by atoms with Gasteiger partial charge in [0.05, 0.1) is 0 Å². The SMILES string of the molecule is CN(N)C(=N)N(C)c1ccc(O)cc1. The first kappa shape index (κ1) is 10.3. The Balaban J connectivity index is 2.84. The van der Waals surface area contributed by atoms with Crippen LogP contribution in [0.1, 0.15) is 0 Å². The van der Waals surface area contributed by atoms with Crippen molar-refractivity contribution in [1.82, 2.24) is 5.01 Å². The second-order valence-electron chi connectivity index (χ2n) is 3.01. The van der Waals surface area contributed by atoms with E-state index in [1.54, 1.807) is 43.3 Å². The van der Waals surface area contributed by atoms with Crippen molar-refractivity contribution in [2.24, 2.45) is 5.84 Å². The molecule has 0 saturated carbocycles. The highest BCUT2D eigenvalue weighted by Crippen LogP contribution is 2.17. The molecule has 0 saturated heterocycles. The van der Waals surface area contributed by atoms with Gasteiger partial charge in [0.15, 0.2) is 0 Å². The second-order valence-corrected chi connectivity index (χ2v) is 3.01. The summed E-state index contributed by atoms with van der Waals surface area (Å²) in [6.07, 6.45) is 0. The highest BCUT2D eigenvalue weighted by Gasteiger charge is 2.08. The molecule has 0 heterocycles. The summed E-state index contributed by atoms with van der Waals surface area (Å²) < 4.78 is 0. The van der Waals surface area contributed by atoms with Gasteiger partial charge in [-0.1, -0.05) is 0 Å². The van der Waals surface area contributed by atoms with Crippen molar-refractivity contribution >= 4 is 11.6 Å². The molecule has 5 heteroatoms. The summed E-state index contributed by atoms with van der Waals surface area (Å²) in [5.41, 5.74) is 0.796. The Hall–Kier alpha value is -1.75. The van der Waals surface area contributed by atoms with Crippen molar-refractivity contribution in [3.63, 3.8) is 0 Å². The maximum absolute atomic E-state index is 9.08. The molecule has 0 unspecified atom stereocenters. The number of nitrogens with zero attached hydrogens (tertiary/aromatic N) is 2. The van der Waals surface area contributed by atoms with Gasteiger partial charge in [0, 0.05) is 19.8 Å². The van der Waals surface area contributed by atoms with Gasteiger partial charge in [-0.15, -0.1) is 0 Å². The number of anilines is 1. The van der Waals surface area contributed by atoms with Gasteiger partial charge in [0.25, 0.3) is 0 Å². The molecule has 4 N–H and O–H groups in total. The lowest BCUT2D eigenvalue weighted by Gasteiger charge is -2.24. The third-order valence-corrected chi connectivity index (χ3v) is 1.89. The maximum Gasteiger partial charge on any atom is 0.212 e. The average molecular weight is 194 g/mol. The van der Waals surface area contributed by atoms with E-state index in [0.29, 0.717) is 0 Å². The first-order valence-electron chi connectivity index (χ1n) is 4.12. The molecule has 1 aromatic rings. The quantitative estimate of drug-likeness (QED) is 0.264. The Labute approximate surface area is 82.8 Å². The smallest absolute Gasteiger partial charge is 0.212 e. The zero-order valence-corrected chi connectivity index (χ0v) is 8.23. The van der Waals surface area contributed by atoms with Crippen LogP contribution in [0.4, 0.5) is 5.69 Å². The van der Waals surface area contributed by atoms with E-state index < -0.39 is 0 Å². The van der Waals surface area contributed by atoms with Crippen molar-refractivity contribution in [3.8, 4) is 5.75 Å². The molecule has 0 aliphatic heterocycles. The summed E-state index contributed by atoms with van der Waals surface area (Å²) in [4.78, 5) is 1.61. The molecule has 0 aliphatic carbocycles. The number of nitrogens with one attached hydrogen (secondary N) is 1. The summed E-state index contributed by atoms with van der Waals surface area (Å²) in [5.74, 6) is 5.80. The van der Waals surface area contributed by atoms with Gasteiger partial charge in [0.2, 0.25) is 5.96 Å². The fourth-order valence-electron chi connectivity index (χ4n) is 1.04. The van der Waals surface area contributed by atoms with Crippen molar-refractivity contribution in [2.45, 2.75) is 0 Å². The van der Waals surface area contributed by atoms with Crippen molar-refractivity contribution in [3.05, 3.63) is 24.3 Å². The van der Waals surface area contributed by atoms with E-state index in [4.69, 9.17) is 16.4 Å². The van der Waals surface area contributed by atoms with Crippen LogP contribution in [0.15, 0.2) is 24.3 Å². The molecular weight excluding hydrogens is 180 g/mol. The van der Waals surface area contributed by atoms with Crippen LogP contribution in [0, 0.1) is 5.41 Å². The second kappa shape index (κ2) is 3.97.